The predicted molar refractivity (Wildman–Crippen MR) is 75.3 cm³/mol. The van der Waals surface area contributed by atoms with Gasteiger partial charge in [0.05, 0.1) is 19.3 Å². The van der Waals surface area contributed by atoms with E-state index < -0.39 is 5.97 Å². The normalized spacial score (nSPS) is 10.2. The molecule has 1 N–H and O–H groups in total. The van der Waals surface area contributed by atoms with Crippen LogP contribution in [0.5, 0.6) is 11.5 Å². The summed E-state index contributed by atoms with van der Waals surface area (Å²) >= 11 is 5.76. The van der Waals surface area contributed by atoms with Crippen LogP contribution < -0.4 is 9.47 Å². The van der Waals surface area contributed by atoms with Gasteiger partial charge in [-0.25, -0.2) is 4.79 Å². The fourth-order valence-corrected chi connectivity index (χ4v) is 1.77. The van der Waals surface area contributed by atoms with Gasteiger partial charge in [-0.1, -0.05) is 17.7 Å². The van der Waals surface area contributed by atoms with Crippen molar-refractivity contribution in [2.75, 3.05) is 7.11 Å². The zero-order chi connectivity index (χ0) is 14.5. The summed E-state index contributed by atoms with van der Waals surface area (Å²) in [6.45, 7) is -0.109. The molecule has 20 heavy (non-hydrogen) atoms. The molecule has 104 valence electrons. The van der Waals surface area contributed by atoms with E-state index in [0.717, 1.165) is 0 Å². The third-order valence-electron chi connectivity index (χ3n) is 2.69. The first kappa shape index (κ1) is 14.4. The molecule has 4 nitrogen and oxygen atoms in total. The van der Waals surface area contributed by atoms with Crippen molar-refractivity contribution in [3.05, 3.63) is 58.6 Å². The predicted octanol–water partition coefficient (Wildman–Crippen LogP) is 3.06. The van der Waals surface area contributed by atoms with Crippen LogP contribution in [0.3, 0.4) is 0 Å². The van der Waals surface area contributed by atoms with Gasteiger partial charge >= 0.3 is 5.97 Å². The van der Waals surface area contributed by atoms with E-state index in [-0.39, 0.29) is 6.61 Å². The molecular weight excluding hydrogens is 280 g/mol. The van der Waals surface area contributed by atoms with Crippen LogP contribution in [0.4, 0.5) is 0 Å². The molecule has 0 aromatic heterocycles. The monoisotopic (exact) mass is 292 g/mol. The number of aliphatic hydroxyl groups is 1. The Kier molecular flexibility index (Phi) is 4.61. The maximum Gasteiger partial charge on any atom is 0.343 e. The number of hydrogen-bond donors (Lipinski definition) is 1. The lowest BCUT2D eigenvalue weighted by atomic mass is 10.2. The summed E-state index contributed by atoms with van der Waals surface area (Å²) in [5, 5.41) is 9.61. The number of aliphatic hydroxyl groups excluding tert-OH is 1. The Morgan fingerprint density at radius 1 is 1.15 bits per heavy atom. The standard InChI is InChI=1S/C15H13ClO4/c1-19-14-8-10(9-17)2-7-13(14)20-15(18)11-3-5-12(16)6-4-11/h2-8,17H,9H2,1H3. The summed E-state index contributed by atoms with van der Waals surface area (Å²) in [5.74, 6) is 0.181. The third-order valence-corrected chi connectivity index (χ3v) is 2.95. The van der Waals surface area contributed by atoms with Crippen LogP contribution in [0.2, 0.25) is 5.02 Å². The fourth-order valence-electron chi connectivity index (χ4n) is 1.64. The van der Waals surface area contributed by atoms with E-state index in [2.05, 4.69) is 0 Å². The Hall–Kier alpha value is -2.04. The summed E-state index contributed by atoms with van der Waals surface area (Å²) in [7, 11) is 1.47. The first-order valence-electron chi connectivity index (χ1n) is 5.89. The SMILES string of the molecule is COc1cc(CO)ccc1OC(=O)c1ccc(Cl)cc1. The molecule has 2 aromatic rings. The molecule has 0 saturated heterocycles. The van der Waals surface area contributed by atoms with Gasteiger partial charge in [0.2, 0.25) is 0 Å². The molecule has 0 unspecified atom stereocenters. The Labute approximate surface area is 121 Å². The topological polar surface area (TPSA) is 55.8 Å². The summed E-state index contributed by atoms with van der Waals surface area (Å²) in [4.78, 5) is 12.0. The lowest BCUT2D eigenvalue weighted by Crippen LogP contribution is -2.09. The van der Waals surface area contributed by atoms with Crippen LogP contribution in [0.25, 0.3) is 0 Å². The number of carbonyl (C=O) groups excluding carboxylic acids is 1. The molecule has 0 bridgehead atoms. The van der Waals surface area contributed by atoms with Gasteiger partial charge in [0.1, 0.15) is 0 Å². The maximum atomic E-state index is 12.0. The van der Waals surface area contributed by atoms with Crippen molar-refractivity contribution >= 4 is 17.6 Å². The molecule has 0 aliphatic heterocycles. The second kappa shape index (κ2) is 6.41. The van der Waals surface area contributed by atoms with Gasteiger partial charge in [0.15, 0.2) is 11.5 Å². The van der Waals surface area contributed by atoms with Crippen molar-refractivity contribution in [3.8, 4) is 11.5 Å². The largest absolute Gasteiger partial charge is 0.493 e. The molecule has 2 aromatic carbocycles. The Bertz CT molecular complexity index is 608. The second-order valence-corrected chi connectivity index (χ2v) is 4.48. The Morgan fingerprint density at radius 2 is 1.85 bits per heavy atom. The molecule has 0 saturated carbocycles. The maximum absolute atomic E-state index is 12.0. The molecule has 0 fully saturated rings. The smallest absolute Gasteiger partial charge is 0.343 e. The summed E-state index contributed by atoms with van der Waals surface area (Å²) in [6.07, 6.45) is 0. The van der Waals surface area contributed by atoms with Gasteiger partial charge in [0, 0.05) is 5.02 Å². The van der Waals surface area contributed by atoms with Crippen molar-refractivity contribution in [2.45, 2.75) is 6.61 Å². The first-order valence-corrected chi connectivity index (χ1v) is 6.27. The van der Waals surface area contributed by atoms with Crippen LogP contribution in [0.15, 0.2) is 42.5 Å². The Morgan fingerprint density at radius 3 is 2.45 bits per heavy atom. The number of benzene rings is 2. The number of halogens is 1. The van der Waals surface area contributed by atoms with E-state index in [1.54, 1.807) is 42.5 Å². The first-order chi connectivity index (χ1) is 9.63. The molecule has 0 atom stereocenters. The minimum absolute atomic E-state index is 0.109. The molecule has 0 spiro atoms. The molecule has 0 amide bonds. The molecule has 0 aliphatic rings. The van der Waals surface area contributed by atoms with Crippen molar-refractivity contribution < 1.29 is 19.4 Å². The minimum atomic E-state index is -0.503. The van der Waals surface area contributed by atoms with Gasteiger partial charge in [-0.2, -0.15) is 0 Å². The van der Waals surface area contributed by atoms with Crippen molar-refractivity contribution in [1.29, 1.82) is 0 Å². The summed E-state index contributed by atoms with van der Waals surface area (Å²) < 4.78 is 10.4. The van der Waals surface area contributed by atoms with Crippen LogP contribution in [0.1, 0.15) is 15.9 Å². The third kappa shape index (κ3) is 3.29. The molecule has 0 radical (unpaired) electrons. The number of rotatable bonds is 4. The highest BCUT2D eigenvalue weighted by Crippen LogP contribution is 2.29. The van der Waals surface area contributed by atoms with Crippen LogP contribution in [-0.4, -0.2) is 18.2 Å². The van der Waals surface area contributed by atoms with Gasteiger partial charge in [0.25, 0.3) is 0 Å². The van der Waals surface area contributed by atoms with Crippen molar-refractivity contribution in [2.24, 2.45) is 0 Å². The van der Waals surface area contributed by atoms with Crippen LogP contribution in [-0.2, 0) is 6.61 Å². The average Bonchev–Trinajstić information content (AvgIpc) is 2.48. The van der Waals surface area contributed by atoms with Gasteiger partial charge in [-0.15, -0.1) is 0 Å². The number of ether oxygens (including phenoxy) is 2. The lowest BCUT2D eigenvalue weighted by Gasteiger charge is -2.10. The number of esters is 1. The number of carbonyl (C=O) groups is 1. The zero-order valence-corrected chi connectivity index (χ0v) is 11.6. The van der Waals surface area contributed by atoms with Gasteiger partial charge in [-0.3, -0.25) is 0 Å². The molecule has 5 heteroatoms. The van der Waals surface area contributed by atoms with Crippen molar-refractivity contribution in [1.82, 2.24) is 0 Å². The summed E-state index contributed by atoms with van der Waals surface area (Å²) in [6, 6.07) is 11.3. The minimum Gasteiger partial charge on any atom is -0.493 e. The highest BCUT2D eigenvalue weighted by Gasteiger charge is 2.12. The Balaban J connectivity index is 2.21. The van der Waals surface area contributed by atoms with E-state index in [4.69, 9.17) is 26.2 Å². The van der Waals surface area contributed by atoms with E-state index in [1.165, 1.54) is 7.11 Å². The highest BCUT2D eigenvalue weighted by molar-refractivity contribution is 6.30. The zero-order valence-electron chi connectivity index (χ0n) is 10.8. The molecule has 2 rings (SSSR count). The average molecular weight is 293 g/mol. The van der Waals surface area contributed by atoms with Gasteiger partial charge in [-0.05, 0) is 42.0 Å². The van der Waals surface area contributed by atoms with Crippen molar-refractivity contribution in [3.63, 3.8) is 0 Å². The summed E-state index contributed by atoms with van der Waals surface area (Å²) in [5.41, 5.74) is 1.07. The highest BCUT2D eigenvalue weighted by atomic mass is 35.5. The van der Waals surface area contributed by atoms with E-state index in [1.807, 2.05) is 0 Å². The molecule has 0 aliphatic carbocycles. The van der Waals surface area contributed by atoms with Gasteiger partial charge < -0.3 is 14.6 Å². The van der Waals surface area contributed by atoms with Crippen LogP contribution in [0, 0.1) is 0 Å². The van der Waals surface area contributed by atoms with Crippen LogP contribution >= 0.6 is 11.6 Å². The fraction of sp³-hybridized carbons (Fsp3) is 0.133. The molecular formula is C15H13ClO4. The number of methoxy groups -OCH3 is 1. The quantitative estimate of drug-likeness (QED) is 0.695. The second-order valence-electron chi connectivity index (χ2n) is 4.04. The van der Waals surface area contributed by atoms with E-state index in [9.17, 15) is 4.79 Å². The molecule has 0 heterocycles. The lowest BCUT2D eigenvalue weighted by molar-refractivity contribution is 0.0729. The number of hydrogen-bond acceptors (Lipinski definition) is 4. The van der Waals surface area contributed by atoms with E-state index >= 15 is 0 Å². The van der Waals surface area contributed by atoms with E-state index in [0.29, 0.717) is 27.6 Å².